The fourth-order valence-electron chi connectivity index (χ4n) is 3.11. The van der Waals surface area contributed by atoms with Crippen molar-refractivity contribution < 1.29 is 32.3 Å². The number of fused-ring (bicyclic) bond motifs is 1. The predicted molar refractivity (Wildman–Crippen MR) is 83.8 cm³/mol. The maximum absolute atomic E-state index is 12.3. The second-order valence-electron chi connectivity index (χ2n) is 6.04. The van der Waals surface area contributed by atoms with Crippen molar-refractivity contribution in [2.24, 2.45) is 11.8 Å². The average molecular weight is 368 g/mol. The van der Waals surface area contributed by atoms with Gasteiger partial charge in [0, 0.05) is 5.69 Å². The Morgan fingerprint density at radius 1 is 1.08 bits per heavy atom. The van der Waals surface area contributed by atoms with Crippen LogP contribution in [0.4, 0.5) is 18.9 Å². The molecule has 0 aromatic heterocycles. The van der Waals surface area contributed by atoms with Gasteiger partial charge in [0.1, 0.15) is 12.3 Å². The van der Waals surface area contributed by atoms with Gasteiger partial charge in [0.2, 0.25) is 17.7 Å². The van der Waals surface area contributed by atoms with Gasteiger partial charge < -0.3 is 10.1 Å². The van der Waals surface area contributed by atoms with Crippen molar-refractivity contribution in [2.45, 2.75) is 19.2 Å². The summed E-state index contributed by atoms with van der Waals surface area (Å²) in [4.78, 5) is 37.6. The highest BCUT2D eigenvalue weighted by atomic mass is 19.4. The van der Waals surface area contributed by atoms with Gasteiger partial charge >= 0.3 is 6.36 Å². The first-order chi connectivity index (χ1) is 12.2. The van der Waals surface area contributed by atoms with E-state index in [1.807, 2.05) is 12.2 Å². The number of halogens is 3. The molecule has 9 heteroatoms. The van der Waals surface area contributed by atoms with E-state index in [1.165, 1.54) is 12.1 Å². The van der Waals surface area contributed by atoms with Crippen LogP contribution in [-0.4, -0.2) is 35.5 Å². The summed E-state index contributed by atoms with van der Waals surface area (Å²) < 4.78 is 40.1. The number of benzene rings is 1. The third-order valence-electron chi connectivity index (χ3n) is 4.27. The van der Waals surface area contributed by atoms with Crippen LogP contribution in [0.3, 0.4) is 0 Å². The molecule has 3 amide bonds. The van der Waals surface area contributed by atoms with Crippen LogP contribution in [0.15, 0.2) is 36.4 Å². The van der Waals surface area contributed by atoms with Gasteiger partial charge in [0.05, 0.1) is 11.8 Å². The number of carbonyl (C=O) groups excluding carboxylic acids is 3. The number of ether oxygens (including phenoxy) is 1. The molecule has 1 heterocycles. The molecule has 0 saturated carbocycles. The summed E-state index contributed by atoms with van der Waals surface area (Å²) in [5.41, 5.74) is 0.225. The van der Waals surface area contributed by atoms with Crippen molar-refractivity contribution in [2.75, 3.05) is 11.9 Å². The third-order valence-corrected chi connectivity index (χ3v) is 4.27. The molecule has 0 unspecified atom stereocenters. The van der Waals surface area contributed by atoms with E-state index in [1.54, 1.807) is 0 Å². The molecule has 1 aliphatic heterocycles. The number of alkyl halides is 3. The number of amides is 3. The molecule has 0 radical (unpaired) electrons. The lowest BCUT2D eigenvalue weighted by Crippen LogP contribution is -2.38. The molecule has 0 bridgehead atoms. The number of allylic oxidation sites excluding steroid dienone is 2. The standard InChI is InChI=1S/C17H15F3N2O4/c18-17(19,20)26-11-7-5-10(6-8-11)21-14(23)9-22-15(24)12-3-1-2-4-13(12)16(22)25/h1-2,5-8,12-13H,3-4,9H2,(H,21,23)/t12-,13-/m0/s1. The largest absolute Gasteiger partial charge is 0.573 e. The Balaban J connectivity index is 1.59. The van der Waals surface area contributed by atoms with E-state index in [9.17, 15) is 27.6 Å². The van der Waals surface area contributed by atoms with Crippen LogP contribution >= 0.6 is 0 Å². The average Bonchev–Trinajstić information content (AvgIpc) is 2.81. The van der Waals surface area contributed by atoms with Crippen molar-refractivity contribution in [1.29, 1.82) is 0 Å². The predicted octanol–water partition coefficient (Wildman–Crippen LogP) is 2.47. The lowest BCUT2D eigenvalue weighted by molar-refractivity contribution is -0.274. The Morgan fingerprint density at radius 2 is 1.62 bits per heavy atom. The van der Waals surface area contributed by atoms with Crippen molar-refractivity contribution >= 4 is 23.4 Å². The van der Waals surface area contributed by atoms with Gasteiger partial charge in [-0.3, -0.25) is 19.3 Å². The quantitative estimate of drug-likeness (QED) is 0.654. The number of nitrogens with zero attached hydrogens (tertiary/aromatic N) is 1. The van der Waals surface area contributed by atoms with Crippen molar-refractivity contribution in [1.82, 2.24) is 4.90 Å². The van der Waals surface area contributed by atoms with Gasteiger partial charge in [-0.25, -0.2) is 0 Å². The lowest BCUT2D eigenvalue weighted by Gasteiger charge is -2.15. The summed E-state index contributed by atoms with van der Waals surface area (Å²) in [5, 5.41) is 2.44. The van der Waals surface area contributed by atoms with Crippen LogP contribution < -0.4 is 10.1 Å². The van der Waals surface area contributed by atoms with Gasteiger partial charge in [-0.1, -0.05) is 12.2 Å². The Bertz CT molecular complexity index is 732. The third kappa shape index (κ3) is 3.87. The summed E-state index contributed by atoms with van der Waals surface area (Å²) in [6.07, 6.45) is -0.143. The highest BCUT2D eigenvalue weighted by Gasteiger charge is 2.47. The highest BCUT2D eigenvalue weighted by Crippen LogP contribution is 2.34. The molecular formula is C17H15F3N2O4. The van der Waals surface area contributed by atoms with Crippen LogP contribution in [0.1, 0.15) is 12.8 Å². The Labute approximate surface area is 146 Å². The van der Waals surface area contributed by atoms with Gasteiger partial charge in [0.15, 0.2) is 0 Å². The second kappa shape index (κ2) is 6.81. The van der Waals surface area contributed by atoms with Crippen LogP contribution in [0, 0.1) is 11.8 Å². The van der Waals surface area contributed by atoms with Crippen molar-refractivity contribution in [3.05, 3.63) is 36.4 Å². The molecule has 1 aromatic rings. The van der Waals surface area contributed by atoms with Gasteiger partial charge in [-0.05, 0) is 37.1 Å². The molecule has 1 aliphatic carbocycles. The van der Waals surface area contributed by atoms with Crippen LogP contribution in [0.5, 0.6) is 5.75 Å². The maximum atomic E-state index is 12.3. The summed E-state index contributed by atoms with van der Waals surface area (Å²) in [5.74, 6) is -2.60. The SMILES string of the molecule is O=C(CN1C(=O)[C@H]2CC=CC[C@@H]2C1=O)Nc1ccc(OC(F)(F)F)cc1. The molecule has 3 rings (SSSR count). The second-order valence-corrected chi connectivity index (χ2v) is 6.04. The monoisotopic (exact) mass is 368 g/mol. The number of hydrogen-bond acceptors (Lipinski definition) is 4. The zero-order chi connectivity index (χ0) is 18.9. The summed E-state index contributed by atoms with van der Waals surface area (Å²) in [6.45, 7) is -0.425. The van der Waals surface area contributed by atoms with Crippen molar-refractivity contribution in [3.8, 4) is 5.75 Å². The molecule has 1 aromatic carbocycles. The zero-order valence-electron chi connectivity index (χ0n) is 13.5. The summed E-state index contributed by atoms with van der Waals surface area (Å²) in [7, 11) is 0. The van der Waals surface area contributed by atoms with E-state index >= 15 is 0 Å². The first kappa shape index (κ1) is 18.0. The first-order valence-corrected chi connectivity index (χ1v) is 7.90. The fraction of sp³-hybridized carbons (Fsp3) is 0.353. The Hall–Kier alpha value is -2.84. The number of imide groups is 1. The summed E-state index contributed by atoms with van der Waals surface area (Å²) in [6, 6.07) is 4.57. The van der Waals surface area contributed by atoms with Crippen LogP contribution in [-0.2, 0) is 14.4 Å². The number of carbonyl (C=O) groups is 3. The van der Waals surface area contributed by atoms with E-state index in [0.717, 1.165) is 17.0 Å². The molecule has 0 spiro atoms. The molecule has 2 aliphatic rings. The smallest absolute Gasteiger partial charge is 0.406 e. The van der Waals surface area contributed by atoms with E-state index in [4.69, 9.17) is 0 Å². The minimum Gasteiger partial charge on any atom is -0.406 e. The molecule has 2 atom stereocenters. The molecular weight excluding hydrogens is 353 g/mol. The lowest BCUT2D eigenvalue weighted by atomic mass is 9.85. The molecule has 26 heavy (non-hydrogen) atoms. The zero-order valence-corrected chi connectivity index (χ0v) is 13.5. The van der Waals surface area contributed by atoms with E-state index in [0.29, 0.717) is 12.8 Å². The maximum Gasteiger partial charge on any atom is 0.573 e. The first-order valence-electron chi connectivity index (χ1n) is 7.90. The van der Waals surface area contributed by atoms with E-state index in [-0.39, 0.29) is 17.5 Å². The fourth-order valence-corrected chi connectivity index (χ4v) is 3.11. The minimum absolute atomic E-state index is 0.225. The minimum atomic E-state index is -4.80. The van der Waals surface area contributed by atoms with Crippen LogP contribution in [0.2, 0.25) is 0 Å². The number of likely N-dealkylation sites (tertiary alicyclic amines) is 1. The summed E-state index contributed by atoms with van der Waals surface area (Å²) >= 11 is 0. The number of rotatable bonds is 4. The van der Waals surface area contributed by atoms with Gasteiger partial charge in [-0.15, -0.1) is 13.2 Å². The normalized spacial score (nSPS) is 22.3. The van der Waals surface area contributed by atoms with Crippen LogP contribution in [0.25, 0.3) is 0 Å². The van der Waals surface area contributed by atoms with Crippen molar-refractivity contribution in [3.63, 3.8) is 0 Å². The molecule has 1 saturated heterocycles. The number of nitrogens with one attached hydrogen (secondary N) is 1. The molecule has 6 nitrogen and oxygen atoms in total. The molecule has 1 N–H and O–H groups in total. The highest BCUT2D eigenvalue weighted by molar-refractivity contribution is 6.08. The van der Waals surface area contributed by atoms with Gasteiger partial charge in [-0.2, -0.15) is 0 Å². The van der Waals surface area contributed by atoms with E-state index < -0.39 is 36.4 Å². The molecule has 1 fully saturated rings. The molecule has 138 valence electrons. The Morgan fingerprint density at radius 3 is 2.12 bits per heavy atom. The Kier molecular flexibility index (Phi) is 4.71. The number of hydrogen-bond donors (Lipinski definition) is 1. The number of anilines is 1. The van der Waals surface area contributed by atoms with E-state index in [2.05, 4.69) is 10.1 Å². The van der Waals surface area contributed by atoms with Gasteiger partial charge in [0.25, 0.3) is 0 Å². The topological polar surface area (TPSA) is 75.7 Å².